The quantitative estimate of drug-likeness (QED) is 0.253. The molecule has 0 fully saturated rings. The summed E-state index contributed by atoms with van der Waals surface area (Å²) >= 11 is 0. The van der Waals surface area contributed by atoms with Crippen LogP contribution in [0.4, 0.5) is 0 Å². The molecule has 0 radical (unpaired) electrons. The van der Waals surface area contributed by atoms with Gasteiger partial charge in [-0.1, -0.05) is 19.3 Å². The van der Waals surface area contributed by atoms with Crippen molar-refractivity contribution in [2.24, 2.45) is 11.8 Å². The predicted octanol–water partition coefficient (Wildman–Crippen LogP) is 1.10. The molecule has 7 heteroatoms. The number of hydrogen-bond donors (Lipinski definition) is 2. The average Bonchev–Trinajstić information content (AvgIpc) is 2.39. The maximum atomic E-state index is 11.3. The van der Waals surface area contributed by atoms with Crippen molar-refractivity contribution in [3.8, 4) is 0 Å². The minimum absolute atomic E-state index is 0.0943. The van der Waals surface area contributed by atoms with Crippen LogP contribution in [0.5, 0.6) is 0 Å². The van der Waals surface area contributed by atoms with Crippen molar-refractivity contribution in [2.45, 2.75) is 38.5 Å². The molecule has 0 aliphatic heterocycles. The Kier molecular flexibility index (Phi) is 8.98. The molecule has 20 heavy (non-hydrogen) atoms. The molecule has 2 atom stereocenters. The summed E-state index contributed by atoms with van der Waals surface area (Å²) in [6.45, 7) is 0. The lowest BCUT2D eigenvalue weighted by atomic mass is 9.88. The molecule has 2 N–H and O–H groups in total. The molecule has 2 unspecified atom stereocenters. The molecular weight excluding hydrogens is 268 g/mol. The lowest BCUT2D eigenvalue weighted by Gasteiger charge is -2.16. The van der Waals surface area contributed by atoms with Crippen LogP contribution in [0, 0.1) is 11.8 Å². The summed E-state index contributed by atoms with van der Waals surface area (Å²) in [4.78, 5) is 43.5. The van der Waals surface area contributed by atoms with Crippen molar-refractivity contribution >= 4 is 24.2 Å². The SMILES string of the molecule is COC(=O)C(C(=O)O)C(C=O)CCCCCCC(=O)O. The molecule has 0 aliphatic rings. The van der Waals surface area contributed by atoms with Crippen LogP contribution < -0.4 is 0 Å². The van der Waals surface area contributed by atoms with Crippen molar-refractivity contribution in [3.63, 3.8) is 0 Å². The number of methoxy groups -OCH3 is 1. The van der Waals surface area contributed by atoms with Crippen LogP contribution in [0.3, 0.4) is 0 Å². The number of aliphatic carboxylic acids is 2. The van der Waals surface area contributed by atoms with Gasteiger partial charge in [0.25, 0.3) is 0 Å². The van der Waals surface area contributed by atoms with Crippen LogP contribution in [-0.2, 0) is 23.9 Å². The van der Waals surface area contributed by atoms with E-state index in [2.05, 4.69) is 4.74 Å². The summed E-state index contributed by atoms with van der Waals surface area (Å²) in [6.07, 6.45) is 3.30. The molecule has 0 saturated carbocycles. The Morgan fingerprint density at radius 3 is 2.15 bits per heavy atom. The van der Waals surface area contributed by atoms with E-state index in [0.29, 0.717) is 32.0 Å². The zero-order chi connectivity index (χ0) is 15.5. The van der Waals surface area contributed by atoms with E-state index < -0.39 is 29.7 Å². The van der Waals surface area contributed by atoms with Crippen LogP contribution in [0.25, 0.3) is 0 Å². The normalized spacial score (nSPS) is 13.2. The molecule has 0 rings (SSSR count). The minimum Gasteiger partial charge on any atom is -0.481 e. The third kappa shape index (κ3) is 6.86. The maximum Gasteiger partial charge on any atom is 0.320 e. The van der Waals surface area contributed by atoms with E-state index >= 15 is 0 Å². The largest absolute Gasteiger partial charge is 0.481 e. The van der Waals surface area contributed by atoms with E-state index in [0.717, 1.165) is 7.11 Å². The highest BCUT2D eigenvalue weighted by atomic mass is 16.5. The van der Waals surface area contributed by atoms with E-state index in [1.54, 1.807) is 0 Å². The average molecular weight is 288 g/mol. The van der Waals surface area contributed by atoms with Gasteiger partial charge in [-0.25, -0.2) is 0 Å². The van der Waals surface area contributed by atoms with Gasteiger partial charge in [-0.2, -0.15) is 0 Å². The summed E-state index contributed by atoms with van der Waals surface area (Å²) in [7, 11) is 1.08. The second-order valence-electron chi connectivity index (χ2n) is 4.49. The predicted molar refractivity (Wildman–Crippen MR) is 68.0 cm³/mol. The molecule has 0 amide bonds. The maximum absolute atomic E-state index is 11.3. The molecule has 0 bridgehead atoms. The van der Waals surface area contributed by atoms with Crippen molar-refractivity contribution < 1.29 is 34.1 Å². The van der Waals surface area contributed by atoms with Gasteiger partial charge < -0.3 is 19.7 Å². The fourth-order valence-corrected chi connectivity index (χ4v) is 1.91. The van der Waals surface area contributed by atoms with E-state index in [9.17, 15) is 19.2 Å². The third-order valence-corrected chi connectivity index (χ3v) is 3.00. The fraction of sp³-hybridized carbons (Fsp3) is 0.692. The van der Waals surface area contributed by atoms with Crippen molar-refractivity contribution in [1.82, 2.24) is 0 Å². The second-order valence-corrected chi connectivity index (χ2v) is 4.49. The summed E-state index contributed by atoms with van der Waals surface area (Å²) < 4.78 is 4.38. The summed E-state index contributed by atoms with van der Waals surface area (Å²) in [5.74, 6) is -5.55. The molecule has 0 aromatic rings. The Bertz CT molecular complexity index is 351. The standard InChI is InChI=1S/C13H20O7/c1-20-13(19)11(12(17)18)9(8-14)6-4-2-3-5-7-10(15)16/h8-9,11H,2-7H2,1H3,(H,15,16)(H,17,18). The highest BCUT2D eigenvalue weighted by Crippen LogP contribution is 2.20. The molecule has 0 spiro atoms. The minimum atomic E-state index is -1.48. The van der Waals surface area contributed by atoms with E-state index in [4.69, 9.17) is 10.2 Å². The van der Waals surface area contributed by atoms with Crippen LogP contribution in [0.15, 0.2) is 0 Å². The van der Waals surface area contributed by atoms with Gasteiger partial charge in [0.1, 0.15) is 6.29 Å². The Hall–Kier alpha value is -1.92. The first-order valence-corrected chi connectivity index (χ1v) is 6.41. The first-order chi connectivity index (χ1) is 9.43. The van der Waals surface area contributed by atoms with E-state index in [-0.39, 0.29) is 12.8 Å². The van der Waals surface area contributed by atoms with Crippen molar-refractivity contribution in [2.75, 3.05) is 7.11 Å². The Morgan fingerprint density at radius 1 is 1.10 bits per heavy atom. The second kappa shape index (κ2) is 9.94. The number of carbonyl (C=O) groups excluding carboxylic acids is 2. The number of ether oxygens (including phenoxy) is 1. The molecule has 114 valence electrons. The van der Waals surface area contributed by atoms with Gasteiger partial charge in [0, 0.05) is 12.3 Å². The van der Waals surface area contributed by atoms with Gasteiger partial charge in [-0.15, -0.1) is 0 Å². The number of carboxylic acid groups (broad SMARTS) is 2. The number of carbonyl (C=O) groups is 4. The first kappa shape index (κ1) is 18.1. The molecule has 0 aliphatic carbocycles. The van der Waals surface area contributed by atoms with Gasteiger partial charge in [0.15, 0.2) is 5.92 Å². The van der Waals surface area contributed by atoms with Gasteiger partial charge in [-0.3, -0.25) is 14.4 Å². The topological polar surface area (TPSA) is 118 Å². The molecule has 0 heterocycles. The number of aldehydes is 1. The lowest BCUT2D eigenvalue weighted by Crippen LogP contribution is -2.33. The first-order valence-electron chi connectivity index (χ1n) is 6.41. The zero-order valence-corrected chi connectivity index (χ0v) is 11.4. The zero-order valence-electron chi connectivity index (χ0n) is 11.4. The number of hydrogen-bond acceptors (Lipinski definition) is 5. The molecular formula is C13H20O7. The third-order valence-electron chi connectivity index (χ3n) is 3.00. The van der Waals surface area contributed by atoms with Crippen LogP contribution >= 0.6 is 0 Å². The van der Waals surface area contributed by atoms with Crippen molar-refractivity contribution in [3.05, 3.63) is 0 Å². The lowest BCUT2D eigenvalue weighted by molar-refractivity contribution is -0.160. The number of rotatable bonds is 11. The van der Waals surface area contributed by atoms with Crippen LogP contribution in [-0.4, -0.2) is 41.5 Å². The Balaban J connectivity index is 4.18. The Morgan fingerprint density at radius 2 is 1.70 bits per heavy atom. The van der Waals surface area contributed by atoms with Gasteiger partial charge in [-0.05, 0) is 12.8 Å². The van der Waals surface area contributed by atoms with E-state index in [1.807, 2.05) is 0 Å². The van der Waals surface area contributed by atoms with Gasteiger partial charge >= 0.3 is 17.9 Å². The molecule has 7 nitrogen and oxygen atoms in total. The van der Waals surface area contributed by atoms with Crippen LogP contribution in [0.2, 0.25) is 0 Å². The number of carboxylic acids is 2. The Labute approximate surface area is 116 Å². The fourth-order valence-electron chi connectivity index (χ4n) is 1.91. The smallest absolute Gasteiger partial charge is 0.320 e. The number of esters is 1. The monoisotopic (exact) mass is 288 g/mol. The van der Waals surface area contributed by atoms with Gasteiger partial charge in [0.2, 0.25) is 0 Å². The van der Waals surface area contributed by atoms with Crippen LogP contribution in [0.1, 0.15) is 38.5 Å². The highest BCUT2D eigenvalue weighted by Gasteiger charge is 2.35. The van der Waals surface area contributed by atoms with E-state index in [1.165, 1.54) is 0 Å². The summed E-state index contributed by atoms with van der Waals surface area (Å²) in [5.41, 5.74) is 0. The van der Waals surface area contributed by atoms with Gasteiger partial charge in [0.05, 0.1) is 7.11 Å². The highest BCUT2D eigenvalue weighted by molar-refractivity contribution is 5.96. The molecule has 0 aromatic heterocycles. The summed E-state index contributed by atoms with van der Waals surface area (Å²) in [6, 6.07) is 0. The summed E-state index contributed by atoms with van der Waals surface area (Å²) in [5, 5.41) is 17.4. The molecule has 0 aromatic carbocycles. The molecule has 0 saturated heterocycles. The van der Waals surface area contributed by atoms with Crippen molar-refractivity contribution in [1.29, 1.82) is 0 Å². The number of unbranched alkanes of at least 4 members (excludes halogenated alkanes) is 3.